The molecule has 0 aliphatic rings. The molecule has 0 aliphatic heterocycles. The van der Waals surface area contributed by atoms with Crippen LogP contribution in [0.3, 0.4) is 0 Å². The summed E-state index contributed by atoms with van der Waals surface area (Å²) in [6.07, 6.45) is -3.34. The molecule has 2 heterocycles. The zero-order valence-electron chi connectivity index (χ0n) is 10.4. The van der Waals surface area contributed by atoms with E-state index in [9.17, 15) is 13.2 Å². The molecule has 0 atom stereocenters. The van der Waals surface area contributed by atoms with E-state index in [0.29, 0.717) is 0 Å². The van der Waals surface area contributed by atoms with Crippen LogP contribution in [0.2, 0.25) is 10.0 Å². The van der Waals surface area contributed by atoms with Gasteiger partial charge >= 0.3 is 6.18 Å². The van der Waals surface area contributed by atoms with E-state index in [1.807, 2.05) is 0 Å². The maximum Gasteiger partial charge on any atom is 0.434 e. The number of nitrogens with zero attached hydrogens (tertiary/aromatic N) is 3. The topological polar surface area (TPSA) is 39.9 Å². The lowest BCUT2D eigenvalue weighted by molar-refractivity contribution is -0.146. The Morgan fingerprint density at radius 1 is 1.38 bits per heavy atom. The Hall–Kier alpha value is -0.830. The summed E-state index contributed by atoms with van der Waals surface area (Å²) >= 11 is 14.5. The van der Waals surface area contributed by atoms with Gasteiger partial charge in [0, 0.05) is 13.3 Å². The second-order valence-electron chi connectivity index (χ2n) is 3.90. The molecule has 0 saturated heterocycles. The molecule has 2 rings (SSSR count). The maximum absolute atomic E-state index is 13.1. The molecule has 0 aliphatic carbocycles. The summed E-state index contributed by atoms with van der Waals surface area (Å²) in [4.78, 5) is 7.78. The fourth-order valence-corrected chi connectivity index (χ4v) is 2.78. The van der Waals surface area contributed by atoms with Crippen LogP contribution < -0.4 is 0 Å². The van der Waals surface area contributed by atoms with Gasteiger partial charge in [0.15, 0.2) is 11.5 Å². The number of halogens is 6. The van der Waals surface area contributed by atoms with Gasteiger partial charge < -0.3 is 4.74 Å². The van der Waals surface area contributed by atoms with Crippen molar-refractivity contribution in [2.75, 3.05) is 7.11 Å². The molecule has 0 fully saturated rings. The highest BCUT2D eigenvalue weighted by Crippen LogP contribution is 2.38. The molecule has 0 amide bonds. The summed E-state index contributed by atoms with van der Waals surface area (Å²) in [5, 5.41) is 0.356. The predicted octanol–water partition coefficient (Wildman–Crippen LogP) is 4.64. The Labute approximate surface area is 136 Å². The molecule has 2 aromatic heterocycles. The first kappa shape index (κ1) is 16.5. The quantitative estimate of drug-likeness (QED) is 0.748. The lowest BCUT2D eigenvalue weighted by Gasteiger charge is -2.13. The second kappa shape index (κ2) is 6.12. The van der Waals surface area contributed by atoms with Crippen molar-refractivity contribution >= 4 is 39.1 Å². The smallest absolute Gasteiger partial charge is 0.364 e. The number of ether oxygens (including phenoxy) is 1. The van der Waals surface area contributed by atoms with E-state index in [1.165, 1.54) is 19.4 Å². The van der Waals surface area contributed by atoms with E-state index in [2.05, 4.69) is 25.9 Å². The van der Waals surface area contributed by atoms with E-state index in [0.717, 1.165) is 4.57 Å². The third-order valence-electron chi connectivity index (χ3n) is 2.47. The van der Waals surface area contributed by atoms with Gasteiger partial charge in [-0.3, -0.25) is 4.57 Å². The molecular weight excluding hydrogens is 398 g/mol. The van der Waals surface area contributed by atoms with Crippen LogP contribution in [0.15, 0.2) is 16.9 Å². The lowest BCUT2D eigenvalue weighted by atomic mass is 10.3. The zero-order chi connectivity index (χ0) is 15.8. The Kier molecular flexibility index (Phi) is 4.82. The van der Waals surface area contributed by atoms with Crippen molar-refractivity contribution in [2.45, 2.75) is 12.9 Å². The third-order valence-corrected chi connectivity index (χ3v) is 3.52. The molecule has 2 aromatic rings. The number of imidazole rings is 1. The first-order valence-corrected chi connectivity index (χ1v) is 6.94. The minimum absolute atomic E-state index is 0.0716. The van der Waals surface area contributed by atoms with Crippen LogP contribution in [0, 0.1) is 0 Å². The molecule has 0 aromatic carbocycles. The Morgan fingerprint density at radius 2 is 2.05 bits per heavy atom. The molecule has 0 N–H and O–H groups in total. The van der Waals surface area contributed by atoms with Gasteiger partial charge in [0.1, 0.15) is 17.0 Å². The lowest BCUT2D eigenvalue weighted by Crippen LogP contribution is -2.16. The van der Waals surface area contributed by atoms with Crippen LogP contribution in [-0.4, -0.2) is 21.6 Å². The third kappa shape index (κ3) is 3.33. The van der Waals surface area contributed by atoms with Crippen LogP contribution in [0.25, 0.3) is 11.5 Å². The first-order chi connectivity index (χ1) is 9.75. The highest BCUT2D eigenvalue weighted by atomic mass is 79.9. The number of hydrogen-bond donors (Lipinski definition) is 0. The molecule has 0 unspecified atom stereocenters. The average molecular weight is 405 g/mol. The van der Waals surface area contributed by atoms with Crippen molar-refractivity contribution in [3.63, 3.8) is 0 Å². The molecule has 0 saturated carbocycles. The minimum atomic E-state index is -4.61. The molecular formula is C11H7BrCl2F3N3O. The summed E-state index contributed by atoms with van der Waals surface area (Å²) < 4.78 is 44.6. The van der Waals surface area contributed by atoms with Gasteiger partial charge in [-0.1, -0.05) is 23.2 Å². The fourth-order valence-electron chi connectivity index (χ4n) is 1.71. The predicted molar refractivity (Wildman–Crippen MR) is 75.2 cm³/mol. The summed E-state index contributed by atoms with van der Waals surface area (Å²) in [7, 11) is 1.27. The molecule has 114 valence electrons. The Morgan fingerprint density at radius 3 is 2.57 bits per heavy atom. The first-order valence-electron chi connectivity index (χ1n) is 5.39. The van der Waals surface area contributed by atoms with Crippen LogP contribution in [0.5, 0.6) is 0 Å². The highest BCUT2D eigenvalue weighted by molar-refractivity contribution is 9.10. The maximum atomic E-state index is 13.1. The monoisotopic (exact) mass is 403 g/mol. The van der Waals surface area contributed by atoms with E-state index in [-0.39, 0.29) is 32.9 Å². The minimum Gasteiger partial charge on any atom is -0.364 e. The van der Waals surface area contributed by atoms with Gasteiger partial charge in [-0.05, 0) is 22.0 Å². The van der Waals surface area contributed by atoms with Gasteiger partial charge in [-0.25, -0.2) is 9.97 Å². The average Bonchev–Trinajstić information content (AvgIpc) is 2.66. The van der Waals surface area contributed by atoms with Gasteiger partial charge in [0.2, 0.25) is 0 Å². The normalized spacial score (nSPS) is 12.0. The number of hydrogen-bond acceptors (Lipinski definition) is 3. The van der Waals surface area contributed by atoms with Gasteiger partial charge in [0.05, 0.1) is 10.0 Å². The largest absolute Gasteiger partial charge is 0.434 e. The van der Waals surface area contributed by atoms with Crippen LogP contribution in [0.1, 0.15) is 5.69 Å². The van der Waals surface area contributed by atoms with Gasteiger partial charge in [-0.2, -0.15) is 13.2 Å². The van der Waals surface area contributed by atoms with Crippen molar-refractivity contribution < 1.29 is 17.9 Å². The Bertz CT molecular complexity index is 675. The number of aromatic nitrogens is 3. The number of pyridine rings is 1. The SMILES string of the molecule is COCn1c(-c2ncc(Cl)cc2Cl)nc(Br)c1C(F)(F)F. The second-order valence-corrected chi connectivity index (χ2v) is 5.50. The molecule has 21 heavy (non-hydrogen) atoms. The van der Waals surface area contributed by atoms with Crippen LogP contribution >= 0.6 is 39.1 Å². The Balaban J connectivity index is 2.69. The van der Waals surface area contributed by atoms with Gasteiger partial charge in [-0.15, -0.1) is 0 Å². The van der Waals surface area contributed by atoms with E-state index < -0.39 is 11.9 Å². The number of methoxy groups -OCH3 is 1. The van der Waals surface area contributed by atoms with Crippen molar-refractivity contribution in [2.24, 2.45) is 0 Å². The molecule has 0 radical (unpaired) electrons. The summed E-state index contributed by atoms with van der Waals surface area (Å²) in [5.41, 5.74) is -0.901. The molecule has 0 spiro atoms. The van der Waals surface area contributed by atoms with Crippen LogP contribution in [-0.2, 0) is 17.6 Å². The zero-order valence-corrected chi connectivity index (χ0v) is 13.5. The molecule has 0 bridgehead atoms. The fraction of sp³-hybridized carbons (Fsp3) is 0.273. The van der Waals surface area contributed by atoms with Crippen molar-refractivity contribution in [1.29, 1.82) is 0 Å². The van der Waals surface area contributed by atoms with Crippen molar-refractivity contribution in [1.82, 2.24) is 14.5 Å². The van der Waals surface area contributed by atoms with E-state index in [4.69, 9.17) is 27.9 Å². The number of rotatable bonds is 3. The number of alkyl halides is 3. The summed E-state index contributed by atoms with van der Waals surface area (Å²) in [6.45, 7) is -0.358. The highest BCUT2D eigenvalue weighted by Gasteiger charge is 2.40. The standard InChI is InChI=1S/C11H7BrCl2F3N3O/c1-21-4-20-8(11(15,16)17)9(12)19-10(20)7-6(14)2-5(13)3-18-7/h2-3H,4H2,1H3. The van der Waals surface area contributed by atoms with E-state index >= 15 is 0 Å². The molecule has 10 heteroatoms. The van der Waals surface area contributed by atoms with Crippen LogP contribution in [0.4, 0.5) is 13.2 Å². The van der Waals surface area contributed by atoms with Crippen molar-refractivity contribution in [3.05, 3.63) is 32.6 Å². The molecule has 4 nitrogen and oxygen atoms in total. The van der Waals surface area contributed by atoms with E-state index in [1.54, 1.807) is 0 Å². The summed E-state index contributed by atoms with van der Waals surface area (Å²) in [5.74, 6) is -0.0716. The summed E-state index contributed by atoms with van der Waals surface area (Å²) in [6, 6.07) is 1.37. The van der Waals surface area contributed by atoms with Crippen molar-refractivity contribution in [3.8, 4) is 11.5 Å². The van der Waals surface area contributed by atoms with Gasteiger partial charge in [0.25, 0.3) is 0 Å².